The van der Waals surface area contributed by atoms with E-state index in [1.807, 2.05) is 72.4 Å². The second-order valence-electron chi connectivity index (χ2n) is 20.5. The van der Waals surface area contributed by atoms with Crippen molar-refractivity contribution in [2.45, 2.75) is 133 Å². The molecule has 0 unspecified atom stereocenters. The molecule has 1 N–H and O–H groups in total. The van der Waals surface area contributed by atoms with Crippen molar-refractivity contribution in [3.8, 4) is 5.75 Å². The number of anilines is 2. The first kappa shape index (κ1) is 48.7. The minimum absolute atomic E-state index is 0.133. The number of hydrogen-bond acceptors (Lipinski definition) is 8. The SMILES string of the molecule is CC(C)CN1CCc2cc(C(C)(C)C)ccc2C1=O.CC(C)CNc1nccc2c1OCCN2C(=O)OC(C)(C)C.CC(C)Cn1ncc2cc(C(C)(C)C)cc(F)c2c1=O. The Kier molecular flexibility index (Phi) is 15.8. The summed E-state index contributed by atoms with van der Waals surface area (Å²) in [4.78, 5) is 45.0. The smallest absolute Gasteiger partial charge is 0.415 e. The third-order valence-corrected chi connectivity index (χ3v) is 10.1. The van der Waals surface area contributed by atoms with E-state index in [0.717, 1.165) is 37.2 Å². The van der Waals surface area contributed by atoms with Crippen LogP contribution in [0.5, 0.6) is 5.75 Å². The Morgan fingerprint density at radius 1 is 0.852 bits per heavy atom. The number of halogens is 1. The summed E-state index contributed by atoms with van der Waals surface area (Å²) in [5.74, 6) is 2.32. The standard InChI is InChI=1S/C17H25NO.C16H21FN2O.C16H25N3O3/c1-12(2)11-18-9-8-13-10-14(17(3,4)5)6-7-15(13)16(18)19;1-10(2)9-19-15(20)14-11(8-18-19)6-12(7-13(14)17)16(3,4)5;1-11(2)10-18-14-13-12(6-7-17-14)19(8-9-21-13)15(20)22-16(3,4)5/h6-7,10,12H,8-9,11H2,1-5H3;6-8,10H,9H2,1-5H3;6-7,11H,8-10H2,1-5H3,(H,17,18). The Hall–Kier alpha value is -5.00. The number of benzene rings is 2. The van der Waals surface area contributed by atoms with Gasteiger partial charge >= 0.3 is 6.09 Å². The number of fused-ring (bicyclic) bond motifs is 3. The van der Waals surface area contributed by atoms with Crippen LogP contribution in [0.15, 0.2) is 53.6 Å². The molecule has 6 rings (SSSR count). The molecule has 4 aromatic rings. The summed E-state index contributed by atoms with van der Waals surface area (Å²) in [6.07, 6.45) is 3.88. The Labute approximate surface area is 363 Å². The van der Waals surface area contributed by atoms with Crippen LogP contribution >= 0.6 is 0 Å². The third-order valence-electron chi connectivity index (χ3n) is 10.1. The molecule has 0 spiro atoms. The molecule has 0 radical (unpaired) electrons. The van der Waals surface area contributed by atoms with Gasteiger partial charge in [-0.2, -0.15) is 5.10 Å². The van der Waals surface area contributed by atoms with Crippen LogP contribution in [0.1, 0.15) is 131 Å². The van der Waals surface area contributed by atoms with E-state index < -0.39 is 11.4 Å². The van der Waals surface area contributed by atoms with Crippen LogP contribution < -0.4 is 20.5 Å². The topological polar surface area (TPSA) is 119 Å². The molecule has 0 aliphatic carbocycles. The number of pyridine rings is 1. The number of carbonyl (C=O) groups is 2. The second-order valence-corrected chi connectivity index (χ2v) is 20.5. The van der Waals surface area contributed by atoms with Gasteiger partial charge in [0.2, 0.25) is 0 Å². The summed E-state index contributed by atoms with van der Waals surface area (Å²) in [7, 11) is 0. The van der Waals surface area contributed by atoms with Crippen molar-refractivity contribution in [3.63, 3.8) is 0 Å². The van der Waals surface area contributed by atoms with Gasteiger partial charge in [0.05, 0.1) is 23.8 Å². The van der Waals surface area contributed by atoms with Crippen molar-refractivity contribution in [2.24, 2.45) is 17.8 Å². The zero-order valence-electron chi connectivity index (χ0n) is 39.5. The molecule has 12 heteroatoms. The van der Waals surface area contributed by atoms with E-state index in [4.69, 9.17) is 9.47 Å². The lowest BCUT2D eigenvalue weighted by atomic mass is 9.84. The summed E-state index contributed by atoms with van der Waals surface area (Å²) in [6, 6.07) is 11.4. The van der Waals surface area contributed by atoms with E-state index in [9.17, 15) is 18.8 Å². The highest BCUT2D eigenvalue weighted by Gasteiger charge is 2.30. The summed E-state index contributed by atoms with van der Waals surface area (Å²) >= 11 is 0. The van der Waals surface area contributed by atoms with Gasteiger partial charge in [0.15, 0.2) is 11.6 Å². The minimum atomic E-state index is -0.526. The van der Waals surface area contributed by atoms with Crippen molar-refractivity contribution < 1.29 is 23.5 Å². The average Bonchev–Trinajstić information content (AvgIpc) is 3.14. The molecule has 0 atom stereocenters. The maximum Gasteiger partial charge on any atom is 0.415 e. The molecule has 0 bridgehead atoms. The third kappa shape index (κ3) is 13.2. The molecular formula is C49H71FN6O5. The lowest BCUT2D eigenvalue weighted by Gasteiger charge is -2.32. The molecule has 61 heavy (non-hydrogen) atoms. The number of amides is 2. The van der Waals surface area contributed by atoms with Gasteiger partial charge in [0.25, 0.3) is 11.5 Å². The normalized spacial score (nSPS) is 14.2. The summed E-state index contributed by atoms with van der Waals surface area (Å²) < 4.78 is 26.8. The van der Waals surface area contributed by atoms with Crippen LogP contribution in [0.2, 0.25) is 0 Å². The van der Waals surface area contributed by atoms with Crippen LogP contribution in [-0.2, 0) is 28.5 Å². The Morgan fingerprint density at radius 3 is 2.10 bits per heavy atom. The highest BCUT2D eigenvalue weighted by atomic mass is 19.1. The van der Waals surface area contributed by atoms with Crippen molar-refractivity contribution in [1.82, 2.24) is 19.7 Å². The minimum Gasteiger partial charge on any atom is -0.486 e. The van der Waals surface area contributed by atoms with Crippen LogP contribution in [0.25, 0.3) is 10.8 Å². The summed E-state index contributed by atoms with van der Waals surface area (Å²) in [5.41, 5.74) is 4.10. The van der Waals surface area contributed by atoms with Gasteiger partial charge in [-0.25, -0.2) is 18.9 Å². The maximum atomic E-state index is 14.3. The van der Waals surface area contributed by atoms with E-state index in [1.54, 1.807) is 23.4 Å². The Morgan fingerprint density at radius 2 is 1.51 bits per heavy atom. The van der Waals surface area contributed by atoms with E-state index in [2.05, 4.69) is 76.0 Å². The number of hydrogen-bond donors (Lipinski definition) is 1. The molecule has 0 saturated carbocycles. The molecule has 2 aliphatic rings. The molecular weight excluding hydrogens is 772 g/mol. The number of carbonyl (C=O) groups excluding carboxylic acids is 2. The van der Waals surface area contributed by atoms with Gasteiger partial charge in [-0.05, 0) is 96.7 Å². The van der Waals surface area contributed by atoms with Gasteiger partial charge in [-0.1, -0.05) is 95.2 Å². The summed E-state index contributed by atoms with van der Waals surface area (Å²) in [5, 5.41) is 8.12. The van der Waals surface area contributed by atoms with Crippen molar-refractivity contribution in [1.29, 1.82) is 0 Å². The number of nitrogens with one attached hydrogen (secondary N) is 1. The lowest BCUT2D eigenvalue weighted by molar-refractivity contribution is 0.0567. The molecule has 0 fully saturated rings. The zero-order chi connectivity index (χ0) is 45.6. The first-order valence-corrected chi connectivity index (χ1v) is 21.8. The van der Waals surface area contributed by atoms with Crippen LogP contribution in [0, 0.1) is 23.6 Å². The van der Waals surface area contributed by atoms with Gasteiger partial charge < -0.3 is 19.7 Å². The first-order valence-electron chi connectivity index (χ1n) is 21.8. The highest BCUT2D eigenvalue weighted by Crippen LogP contribution is 2.37. The van der Waals surface area contributed by atoms with Crippen molar-refractivity contribution in [3.05, 3.63) is 87.2 Å². The van der Waals surface area contributed by atoms with Crippen LogP contribution in [-0.4, -0.2) is 70.1 Å². The molecule has 2 aliphatic heterocycles. The number of nitrogens with zero attached hydrogens (tertiary/aromatic N) is 5. The van der Waals surface area contributed by atoms with Crippen LogP contribution in [0.3, 0.4) is 0 Å². The summed E-state index contributed by atoms with van der Waals surface area (Å²) in [6.45, 7) is 34.7. The van der Waals surface area contributed by atoms with Crippen LogP contribution in [0.4, 0.5) is 20.7 Å². The fourth-order valence-corrected chi connectivity index (χ4v) is 6.88. The second kappa shape index (κ2) is 19.8. The lowest BCUT2D eigenvalue weighted by Crippen LogP contribution is -2.41. The van der Waals surface area contributed by atoms with Gasteiger partial charge in [-0.15, -0.1) is 0 Å². The van der Waals surface area contributed by atoms with Crippen molar-refractivity contribution in [2.75, 3.05) is 43.0 Å². The van der Waals surface area contributed by atoms with Crippen molar-refractivity contribution >= 4 is 34.3 Å². The highest BCUT2D eigenvalue weighted by molar-refractivity contribution is 5.97. The molecule has 2 amide bonds. The number of aromatic nitrogens is 3. The van der Waals surface area contributed by atoms with Gasteiger partial charge in [0, 0.05) is 43.3 Å². The fraction of sp³-hybridized carbons (Fsp3) is 0.571. The monoisotopic (exact) mass is 843 g/mol. The quantitative estimate of drug-likeness (QED) is 0.195. The largest absolute Gasteiger partial charge is 0.486 e. The fourth-order valence-electron chi connectivity index (χ4n) is 6.88. The molecule has 2 aromatic carbocycles. The molecule has 0 saturated heterocycles. The maximum absolute atomic E-state index is 14.3. The van der Waals surface area contributed by atoms with Gasteiger partial charge in [-0.3, -0.25) is 14.5 Å². The van der Waals surface area contributed by atoms with Gasteiger partial charge in [0.1, 0.15) is 18.0 Å². The van der Waals surface area contributed by atoms with E-state index in [1.165, 1.54) is 21.9 Å². The van der Waals surface area contributed by atoms with E-state index >= 15 is 0 Å². The predicted octanol–water partition coefficient (Wildman–Crippen LogP) is 10.4. The molecule has 334 valence electrons. The predicted molar refractivity (Wildman–Crippen MR) is 246 cm³/mol. The Balaban J connectivity index is 0.000000202. The molecule has 11 nitrogen and oxygen atoms in total. The number of ether oxygens (including phenoxy) is 2. The average molecular weight is 843 g/mol. The zero-order valence-corrected chi connectivity index (χ0v) is 39.5. The number of rotatable bonds is 7. The van der Waals surface area contributed by atoms with E-state index in [0.29, 0.717) is 54.2 Å². The molecule has 4 heterocycles. The molecule has 2 aromatic heterocycles. The Bertz CT molecular complexity index is 2210. The first-order chi connectivity index (χ1) is 28.3. The van der Waals surface area contributed by atoms with E-state index in [-0.39, 0.29) is 39.7 Å².